The smallest absolute Gasteiger partial charge is 0.346 e. The van der Waals surface area contributed by atoms with Crippen molar-refractivity contribution in [2.24, 2.45) is 5.92 Å². The zero-order chi connectivity index (χ0) is 17.8. The summed E-state index contributed by atoms with van der Waals surface area (Å²) in [4.78, 5) is 51.6. The van der Waals surface area contributed by atoms with Gasteiger partial charge in [0.2, 0.25) is 0 Å². The maximum atomic E-state index is 12.0. The highest BCUT2D eigenvalue weighted by Gasteiger charge is 2.31. The molecule has 0 aromatic carbocycles. The molecule has 1 unspecified atom stereocenters. The second kappa shape index (κ2) is 11.7. The van der Waals surface area contributed by atoms with E-state index >= 15 is 0 Å². The number of carbonyl (C=O) groups is 4. The molecule has 0 radical (unpaired) electrons. The summed E-state index contributed by atoms with van der Waals surface area (Å²) in [5.74, 6) is -4.51. The van der Waals surface area contributed by atoms with Crippen molar-refractivity contribution < 1.29 is 33.5 Å². The molecule has 0 saturated heterocycles. The van der Waals surface area contributed by atoms with E-state index in [0.717, 1.165) is 0 Å². The fourth-order valence-corrected chi connectivity index (χ4v) is 1.69. The second-order valence-electron chi connectivity index (χ2n) is 4.31. The van der Waals surface area contributed by atoms with Crippen LogP contribution in [0.5, 0.6) is 0 Å². The maximum absolute atomic E-state index is 12.0. The van der Waals surface area contributed by atoms with Gasteiger partial charge >= 0.3 is 17.9 Å². The molecule has 0 aliphatic heterocycles. The first kappa shape index (κ1) is 21.2. The molecular weight excluding hydrogens is 330 g/mol. The highest BCUT2D eigenvalue weighted by molar-refractivity contribution is 6.27. The van der Waals surface area contributed by atoms with Gasteiger partial charge in [0.15, 0.2) is 5.92 Å². The summed E-state index contributed by atoms with van der Waals surface area (Å²) in [7, 11) is 0. The molecular formula is C14H22ClNO7. The first-order valence-electron chi connectivity index (χ1n) is 7.31. The SMILES string of the molecule is CCOC(=O)CCN(OC(=O)C(CC)C(=O)OCC)C(=O)CCl. The molecule has 0 fully saturated rings. The molecule has 0 N–H and O–H groups in total. The quantitative estimate of drug-likeness (QED) is 0.265. The molecule has 0 spiro atoms. The Morgan fingerprint density at radius 3 is 2.09 bits per heavy atom. The van der Waals surface area contributed by atoms with Crippen LogP contribution in [0.1, 0.15) is 33.6 Å². The van der Waals surface area contributed by atoms with E-state index in [4.69, 9.17) is 25.9 Å². The van der Waals surface area contributed by atoms with Gasteiger partial charge in [0.05, 0.1) is 26.2 Å². The second-order valence-corrected chi connectivity index (χ2v) is 4.57. The van der Waals surface area contributed by atoms with Crippen LogP contribution in [-0.2, 0) is 33.5 Å². The number of hydroxylamine groups is 2. The van der Waals surface area contributed by atoms with Crippen molar-refractivity contribution >= 4 is 35.4 Å². The van der Waals surface area contributed by atoms with Gasteiger partial charge in [-0.1, -0.05) is 6.92 Å². The Kier molecular flexibility index (Phi) is 10.8. The van der Waals surface area contributed by atoms with Gasteiger partial charge in [-0.15, -0.1) is 11.6 Å². The number of hydrogen-bond donors (Lipinski definition) is 0. The molecule has 8 nitrogen and oxygen atoms in total. The minimum absolute atomic E-state index is 0.121. The normalized spacial score (nSPS) is 11.3. The Hall–Kier alpha value is -1.83. The summed E-state index contributed by atoms with van der Waals surface area (Å²) < 4.78 is 9.50. The molecule has 0 aliphatic carbocycles. The average Bonchev–Trinajstić information content (AvgIpc) is 2.51. The zero-order valence-corrected chi connectivity index (χ0v) is 14.3. The van der Waals surface area contributed by atoms with Crippen molar-refractivity contribution in [1.82, 2.24) is 5.06 Å². The first-order valence-corrected chi connectivity index (χ1v) is 7.84. The van der Waals surface area contributed by atoms with Crippen LogP contribution in [0.15, 0.2) is 0 Å². The lowest BCUT2D eigenvalue weighted by molar-refractivity contribution is -0.203. The highest BCUT2D eigenvalue weighted by Crippen LogP contribution is 2.11. The fourth-order valence-electron chi connectivity index (χ4n) is 1.56. The van der Waals surface area contributed by atoms with Crippen molar-refractivity contribution in [1.29, 1.82) is 0 Å². The zero-order valence-electron chi connectivity index (χ0n) is 13.5. The van der Waals surface area contributed by atoms with Gasteiger partial charge in [-0.25, -0.2) is 4.79 Å². The van der Waals surface area contributed by atoms with Crippen LogP contribution in [0.3, 0.4) is 0 Å². The Morgan fingerprint density at radius 2 is 1.61 bits per heavy atom. The Balaban J connectivity index is 4.80. The van der Waals surface area contributed by atoms with E-state index in [0.29, 0.717) is 5.06 Å². The van der Waals surface area contributed by atoms with Crippen LogP contribution < -0.4 is 0 Å². The van der Waals surface area contributed by atoms with Gasteiger partial charge in [0, 0.05) is 0 Å². The molecule has 1 amide bonds. The summed E-state index contributed by atoms with van der Waals surface area (Å²) in [6, 6.07) is 0. The maximum Gasteiger partial charge on any atom is 0.346 e. The average molecular weight is 352 g/mol. The van der Waals surface area contributed by atoms with Crippen molar-refractivity contribution in [2.45, 2.75) is 33.6 Å². The summed E-state index contributed by atoms with van der Waals surface area (Å²) in [5, 5.41) is 0.661. The summed E-state index contributed by atoms with van der Waals surface area (Å²) in [6.07, 6.45) is -0.0155. The Bertz CT molecular complexity index is 427. The van der Waals surface area contributed by atoms with E-state index in [1.54, 1.807) is 20.8 Å². The van der Waals surface area contributed by atoms with E-state index in [1.807, 2.05) is 0 Å². The van der Waals surface area contributed by atoms with Crippen molar-refractivity contribution in [3.8, 4) is 0 Å². The molecule has 1 atom stereocenters. The third-order valence-electron chi connectivity index (χ3n) is 2.68. The predicted molar refractivity (Wildman–Crippen MR) is 80.2 cm³/mol. The van der Waals surface area contributed by atoms with E-state index in [9.17, 15) is 19.2 Å². The number of esters is 2. The van der Waals surface area contributed by atoms with E-state index in [1.165, 1.54) is 0 Å². The minimum Gasteiger partial charge on any atom is -0.466 e. The number of nitrogens with zero attached hydrogens (tertiary/aromatic N) is 1. The van der Waals surface area contributed by atoms with Crippen LogP contribution in [0, 0.1) is 5.92 Å². The van der Waals surface area contributed by atoms with Gasteiger partial charge in [-0.3, -0.25) is 14.4 Å². The third kappa shape index (κ3) is 7.83. The topological polar surface area (TPSA) is 99.2 Å². The largest absolute Gasteiger partial charge is 0.466 e. The molecule has 0 aliphatic rings. The molecule has 0 saturated carbocycles. The number of hydrogen-bond acceptors (Lipinski definition) is 7. The lowest BCUT2D eigenvalue weighted by atomic mass is 10.1. The Labute approximate surface area is 139 Å². The lowest BCUT2D eigenvalue weighted by Crippen LogP contribution is -2.39. The van der Waals surface area contributed by atoms with Crippen LogP contribution in [-0.4, -0.2) is 54.5 Å². The number of ether oxygens (including phenoxy) is 2. The fraction of sp³-hybridized carbons (Fsp3) is 0.714. The predicted octanol–water partition coefficient (Wildman–Crippen LogP) is 1.05. The molecule has 132 valence electrons. The van der Waals surface area contributed by atoms with Crippen molar-refractivity contribution in [3.63, 3.8) is 0 Å². The molecule has 0 bridgehead atoms. The van der Waals surface area contributed by atoms with Crippen LogP contribution in [0.4, 0.5) is 0 Å². The summed E-state index contributed by atoms with van der Waals surface area (Å²) in [6.45, 7) is 4.96. The van der Waals surface area contributed by atoms with Gasteiger partial charge in [0.25, 0.3) is 5.91 Å². The van der Waals surface area contributed by atoms with Crippen LogP contribution in [0.25, 0.3) is 0 Å². The number of rotatable bonds is 9. The van der Waals surface area contributed by atoms with Gasteiger partial charge < -0.3 is 14.3 Å². The monoisotopic (exact) mass is 351 g/mol. The lowest BCUT2D eigenvalue weighted by Gasteiger charge is -2.22. The summed E-state index contributed by atoms with van der Waals surface area (Å²) >= 11 is 5.44. The first-order chi connectivity index (χ1) is 10.9. The van der Waals surface area contributed by atoms with Gasteiger partial charge in [-0.05, 0) is 20.3 Å². The van der Waals surface area contributed by atoms with Gasteiger partial charge in [0.1, 0.15) is 5.88 Å². The van der Waals surface area contributed by atoms with Crippen molar-refractivity contribution in [3.05, 3.63) is 0 Å². The number of carbonyl (C=O) groups excluding carboxylic acids is 4. The van der Waals surface area contributed by atoms with Crippen molar-refractivity contribution in [2.75, 3.05) is 25.6 Å². The molecule has 0 aromatic heterocycles. The molecule has 0 rings (SSSR count). The number of amides is 1. The minimum atomic E-state index is -1.15. The third-order valence-corrected chi connectivity index (χ3v) is 2.91. The molecule has 0 heterocycles. The Morgan fingerprint density at radius 1 is 1.00 bits per heavy atom. The number of alkyl halides is 1. The van der Waals surface area contributed by atoms with Crippen LogP contribution in [0.2, 0.25) is 0 Å². The van der Waals surface area contributed by atoms with E-state index in [2.05, 4.69) is 0 Å². The molecule has 9 heteroatoms. The number of halogens is 1. The van der Waals surface area contributed by atoms with E-state index in [-0.39, 0.29) is 32.6 Å². The van der Waals surface area contributed by atoms with E-state index < -0.39 is 35.6 Å². The molecule has 23 heavy (non-hydrogen) atoms. The molecule has 0 aromatic rings. The standard InChI is InChI=1S/C14H22ClNO7/c1-4-10(13(19)22-6-3)14(20)23-16(11(17)9-15)8-7-12(18)21-5-2/h10H,4-9H2,1-3H3. The summed E-state index contributed by atoms with van der Waals surface area (Å²) in [5.41, 5.74) is 0. The highest BCUT2D eigenvalue weighted by atomic mass is 35.5. The van der Waals surface area contributed by atoms with Crippen LogP contribution >= 0.6 is 11.6 Å². The van der Waals surface area contributed by atoms with Gasteiger partial charge in [-0.2, -0.15) is 5.06 Å².